The van der Waals surface area contributed by atoms with Gasteiger partial charge in [-0.25, -0.2) is 4.79 Å². The topological polar surface area (TPSA) is 63.6 Å². The minimum atomic E-state index is -1.04. The van der Waals surface area contributed by atoms with Gasteiger partial charge in [-0.05, 0) is 101 Å². The van der Waals surface area contributed by atoms with Crippen LogP contribution in [0.2, 0.25) is 0 Å². The fraction of sp³-hybridized carbons (Fsp3) is 0.760. The lowest BCUT2D eigenvalue weighted by Gasteiger charge is -2.64. The monoisotopic (exact) mass is 400 g/mol. The van der Waals surface area contributed by atoms with Crippen LogP contribution >= 0.6 is 0 Å². The number of carbonyl (C=O) groups excluding carboxylic acids is 1. The van der Waals surface area contributed by atoms with E-state index in [-0.39, 0.29) is 17.3 Å². The number of rotatable bonds is 3. The summed E-state index contributed by atoms with van der Waals surface area (Å²) in [6.07, 6.45) is 9.51. The molecule has 0 saturated heterocycles. The van der Waals surface area contributed by atoms with Gasteiger partial charge in [0.15, 0.2) is 0 Å². The molecule has 1 N–H and O–H groups in total. The Bertz CT molecular complexity index is 782. The molecule has 4 rings (SSSR count). The summed E-state index contributed by atoms with van der Waals surface area (Å²) >= 11 is 0. The van der Waals surface area contributed by atoms with Crippen molar-refractivity contribution in [2.24, 2.45) is 34.0 Å². The van der Waals surface area contributed by atoms with Gasteiger partial charge in [-0.1, -0.05) is 25.2 Å². The molecule has 0 aromatic rings. The van der Waals surface area contributed by atoms with Crippen LogP contribution in [0.15, 0.2) is 23.8 Å². The molecule has 0 radical (unpaired) electrons. The van der Waals surface area contributed by atoms with Crippen molar-refractivity contribution in [2.45, 2.75) is 85.2 Å². The molecular weight excluding hydrogens is 364 g/mol. The Morgan fingerprint density at radius 2 is 1.86 bits per heavy atom. The van der Waals surface area contributed by atoms with Gasteiger partial charge in [-0.3, -0.25) is 4.79 Å². The Balaban J connectivity index is 1.68. The summed E-state index contributed by atoms with van der Waals surface area (Å²) in [5.41, 5.74) is 1.25. The molecule has 0 aromatic carbocycles. The van der Waals surface area contributed by atoms with Gasteiger partial charge in [0.05, 0.1) is 0 Å². The molecule has 7 atom stereocenters. The average molecular weight is 401 g/mol. The van der Waals surface area contributed by atoms with Crippen LogP contribution in [0.25, 0.3) is 0 Å². The maximum Gasteiger partial charge on any atom is 0.333 e. The summed E-state index contributed by atoms with van der Waals surface area (Å²) < 4.78 is 5.83. The Hall–Kier alpha value is -1.58. The molecular formula is C25H36O4. The third-order valence-electron chi connectivity index (χ3n) is 9.68. The molecule has 0 heterocycles. The number of aliphatic carboxylic acids is 1. The lowest BCUT2D eigenvalue weighted by molar-refractivity contribution is -0.211. The van der Waals surface area contributed by atoms with Gasteiger partial charge in [-0.2, -0.15) is 0 Å². The van der Waals surface area contributed by atoms with Gasteiger partial charge in [0, 0.05) is 5.57 Å². The molecule has 2 bridgehead atoms. The SMILES string of the molecule is C=C1C[C@@]23CC[C@H]4[C@@](C)(CC[C@@H](OC(=O)/C(C)=C/C)[C@]4(C)C(=O)O)[C@@H]2CC[C@@H]1C3. The number of fused-ring (bicyclic) bond motifs is 3. The third-order valence-corrected chi connectivity index (χ3v) is 9.68. The lowest BCUT2D eigenvalue weighted by atomic mass is 9.40. The first-order valence-corrected chi connectivity index (χ1v) is 11.3. The van der Waals surface area contributed by atoms with Crippen LogP contribution in [0.4, 0.5) is 0 Å². The normalized spacial score (nSPS) is 46.6. The second kappa shape index (κ2) is 6.72. The van der Waals surface area contributed by atoms with Crippen molar-refractivity contribution >= 4 is 11.9 Å². The van der Waals surface area contributed by atoms with Crippen LogP contribution in [0.5, 0.6) is 0 Å². The maximum absolute atomic E-state index is 12.7. The second-order valence-corrected chi connectivity index (χ2v) is 10.8. The van der Waals surface area contributed by atoms with Gasteiger partial charge >= 0.3 is 11.9 Å². The van der Waals surface area contributed by atoms with Gasteiger partial charge in [0.25, 0.3) is 0 Å². The summed E-state index contributed by atoms with van der Waals surface area (Å²) in [5.74, 6) is 0.0690. The maximum atomic E-state index is 12.7. The quantitative estimate of drug-likeness (QED) is 0.384. The van der Waals surface area contributed by atoms with Crippen molar-refractivity contribution in [1.29, 1.82) is 0 Å². The highest BCUT2D eigenvalue weighted by Crippen LogP contribution is 2.72. The number of carbonyl (C=O) groups is 2. The van der Waals surface area contributed by atoms with Crippen molar-refractivity contribution < 1.29 is 19.4 Å². The molecule has 1 spiro atoms. The minimum Gasteiger partial charge on any atom is -0.481 e. The van der Waals surface area contributed by atoms with Crippen molar-refractivity contribution in [2.75, 3.05) is 0 Å². The molecule has 4 heteroatoms. The van der Waals surface area contributed by atoms with E-state index in [0.717, 1.165) is 25.7 Å². The zero-order valence-corrected chi connectivity index (χ0v) is 18.4. The van der Waals surface area contributed by atoms with Crippen molar-refractivity contribution in [3.05, 3.63) is 23.8 Å². The van der Waals surface area contributed by atoms with Crippen LogP contribution in [0.3, 0.4) is 0 Å². The van der Waals surface area contributed by atoms with E-state index in [4.69, 9.17) is 4.74 Å². The van der Waals surface area contributed by atoms with Gasteiger partial charge < -0.3 is 9.84 Å². The molecule has 4 fully saturated rings. The Morgan fingerprint density at radius 3 is 2.52 bits per heavy atom. The molecule has 160 valence electrons. The van der Waals surface area contributed by atoms with Crippen LogP contribution < -0.4 is 0 Å². The Labute approximate surface area is 174 Å². The smallest absolute Gasteiger partial charge is 0.333 e. The minimum absolute atomic E-state index is 0.0144. The third kappa shape index (κ3) is 2.77. The van der Waals surface area contributed by atoms with E-state index in [2.05, 4.69) is 13.5 Å². The van der Waals surface area contributed by atoms with E-state index >= 15 is 0 Å². The number of carboxylic acids is 1. The molecule has 0 aromatic heterocycles. The lowest BCUT2D eigenvalue weighted by Crippen LogP contribution is -2.63. The summed E-state index contributed by atoms with van der Waals surface area (Å²) in [7, 11) is 0. The average Bonchev–Trinajstić information content (AvgIpc) is 2.91. The number of allylic oxidation sites excluding steroid dienone is 2. The molecule has 4 saturated carbocycles. The van der Waals surface area contributed by atoms with Crippen molar-refractivity contribution in [3.63, 3.8) is 0 Å². The number of ether oxygens (including phenoxy) is 1. The molecule has 4 aliphatic rings. The van der Waals surface area contributed by atoms with Gasteiger partial charge in [0.2, 0.25) is 0 Å². The highest BCUT2D eigenvalue weighted by molar-refractivity contribution is 5.88. The molecule has 0 aliphatic heterocycles. The van der Waals surface area contributed by atoms with Crippen molar-refractivity contribution in [1.82, 2.24) is 0 Å². The standard InChI is InChI=1S/C25H36O4/c1-6-15(2)21(26)29-20-10-11-23(4)18(24(20,5)22(27)28)9-12-25-13-16(3)17(14-25)7-8-19(23)25/h6,17-20H,3,7-14H2,1-2,4-5H3,(H,27,28)/b15-6+/t17-,18+,19+,20-,23-,24-,25-/m1/s1. The summed E-state index contributed by atoms with van der Waals surface area (Å²) in [6, 6.07) is 0. The molecule has 29 heavy (non-hydrogen) atoms. The van der Waals surface area contributed by atoms with Crippen LogP contribution in [0.1, 0.15) is 79.1 Å². The fourth-order valence-corrected chi connectivity index (χ4v) is 8.06. The summed E-state index contributed by atoms with van der Waals surface area (Å²) in [4.78, 5) is 25.1. The number of carboxylic acid groups (broad SMARTS) is 1. The number of esters is 1. The second-order valence-electron chi connectivity index (χ2n) is 10.8. The van der Waals surface area contributed by atoms with Gasteiger partial charge in [-0.15, -0.1) is 0 Å². The highest BCUT2D eigenvalue weighted by Gasteiger charge is 2.67. The Kier molecular flexibility index (Phi) is 4.79. The zero-order valence-electron chi connectivity index (χ0n) is 18.4. The first kappa shape index (κ1) is 20.7. The van der Waals surface area contributed by atoms with E-state index in [9.17, 15) is 14.7 Å². The largest absolute Gasteiger partial charge is 0.481 e. The first-order valence-electron chi connectivity index (χ1n) is 11.3. The fourth-order valence-electron chi connectivity index (χ4n) is 8.06. The highest BCUT2D eigenvalue weighted by atomic mass is 16.5. The summed E-state index contributed by atoms with van der Waals surface area (Å²) in [6.45, 7) is 12.1. The molecule has 0 unspecified atom stereocenters. The van der Waals surface area contributed by atoms with Crippen molar-refractivity contribution in [3.8, 4) is 0 Å². The van der Waals surface area contributed by atoms with Crippen LogP contribution in [0, 0.1) is 34.0 Å². The number of hydrogen-bond donors (Lipinski definition) is 1. The first-order chi connectivity index (χ1) is 13.6. The zero-order chi connectivity index (χ0) is 21.2. The molecule has 0 amide bonds. The van der Waals surface area contributed by atoms with E-state index in [1.807, 2.05) is 6.92 Å². The Morgan fingerprint density at radius 1 is 1.14 bits per heavy atom. The number of hydrogen-bond acceptors (Lipinski definition) is 3. The van der Waals surface area contributed by atoms with Crippen LogP contribution in [-0.2, 0) is 14.3 Å². The van der Waals surface area contributed by atoms with E-state index in [0.29, 0.717) is 29.2 Å². The predicted molar refractivity (Wildman–Crippen MR) is 112 cm³/mol. The van der Waals surface area contributed by atoms with E-state index < -0.39 is 17.5 Å². The summed E-state index contributed by atoms with van der Waals surface area (Å²) in [5, 5.41) is 10.4. The van der Waals surface area contributed by atoms with Gasteiger partial charge in [0.1, 0.15) is 11.5 Å². The molecule has 4 aliphatic carbocycles. The van der Waals surface area contributed by atoms with E-state index in [1.165, 1.54) is 24.8 Å². The molecule has 4 nitrogen and oxygen atoms in total. The van der Waals surface area contributed by atoms with E-state index in [1.54, 1.807) is 19.9 Å². The van der Waals surface area contributed by atoms with Crippen LogP contribution in [-0.4, -0.2) is 23.1 Å². The predicted octanol–water partition coefficient (Wildman–Crippen LogP) is 5.53.